The molecule has 1 aromatic rings. The summed E-state index contributed by atoms with van der Waals surface area (Å²) in [6.07, 6.45) is 4.01. The molecule has 1 saturated heterocycles. The van der Waals surface area contributed by atoms with E-state index in [1.54, 1.807) is 6.07 Å². The van der Waals surface area contributed by atoms with Gasteiger partial charge in [-0.25, -0.2) is 8.42 Å². The largest absolute Gasteiger partial charge is 0.388 e. The quantitative estimate of drug-likeness (QED) is 0.524. The second-order valence-electron chi connectivity index (χ2n) is 6.88. The van der Waals surface area contributed by atoms with Gasteiger partial charge in [0.2, 0.25) is 10.0 Å². The van der Waals surface area contributed by atoms with Gasteiger partial charge in [-0.05, 0) is 26.2 Å². The Hall–Kier alpha value is -1.65. The Morgan fingerprint density at radius 2 is 2.12 bits per heavy atom. The molecule has 2 aliphatic rings. The molecule has 0 bridgehead atoms. The maximum absolute atomic E-state index is 12.5. The van der Waals surface area contributed by atoms with Gasteiger partial charge in [-0.15, -0.1) is 0 Å². The molecule has 0 amide bonds. The fourth-order valence-corrected chi connectivity index (χ4v) is 4.58. The first-order valence-electron chi connectivity index (χ1n) is 9.05. The first-order valence-corrected chi connectivity index (χ1v) is 10.7. The molecule has 1 aliphatic heterocycles. The predicted molar refractivity (Wildman–Crippen MR) is 97.1 cm³/mol. The zero-order chi connectivity index (χ0) is 18.6. The molecule has 2 heterocycles. The molecular formula is C16H27N5O4S. The summed E-state index contributed by atoms with van der Waals surface area (Å²) >= 11 is 0. The van der Waals surface area contributed by atoms with Gasteiger partial charge in [0.05, 0.1) is 17.8 Å². The molecule has 0 unspecified atom stereocenters. The van der Waals surface area contributed by atoms with E-state index in [4.69, 9.17) is 4.52 Å². The normalized spacial score (nSPS) is 21.5. The molecule has 10 heteroatoms. The van der Waals surface area contributed by atoms with Crippen LogP contribution in [0.3, 0.4) is 0 Å². The van der Waals surface area contributed by atoms with Crippen molar-refractivity contribution in [1.82, 2.24) is 19.7 Å². The summed E-state index contributed by atoms with van der Waals surface area (Å²) in [6.45, 7) is 5.02. The number of aromatic nitrogens is 1. The van der Waals surface area contributed by atoms with Crippen LogP contribution in [-0.2, 0) is 15.8 Å². The molecule has 1 aliphatic carbocycles. The van der Waals surface area contributed by atoms with Crippen molar-refractivity contribution in [3.63, 3.8) is 0 Å². The van der Waals surface area contributed by atoms with Crippen LogP contribution in [-0.4, -0.2) is 78.7 Å². The van der Waals surface area contributed by atoms with E-state index in [1.165, 1.54) is 10.6 Å². The number of piperazine rings is 1. The van der Waals surface area contributed by atoms with Crippen LogP contribution < -0.4 is 5.32 Å². The summed E-state index contributed by atoms with van der Waals surface area (Å²) in [5, 5.41) is 17.2. The number of aliphatic hydroxyl groups is 1. The lowest BCUT2D eigenvalue weighted by atomic mass is 9.80. The molecule has 2 N–H and O–H groups in total. The summed E-state index contributed by atoms with van der Waals surface area (Å²) in [7, 11) is -3.41. The molecule has 0 atom stereocenters. The Labute approximate surface area is 154 Å². The maximum atomic E-state index is 12.5. The van der Waals surface area contributed by atoms with E-state index >= 15 is 0 Å². The van der Waals surface area contributed by atoms with E-state index in [2.05, 4.69) is 15.5 Å². The number of sulfonamides is 1. The Balaban J connectivity index is 1.57. The lowest BCUT2D eigenvalue weighted by Crippen LogP contribution is -2.54. The van der Waals surface area contributed by atoms with Gasteiger partial charge in [-0.1, -0.05) is 5.16 Å². The minimum absolute atomic E-state index is 0.148. The van der Waals surface area contributed by atoms with Crippen molar-refractivity contribution in [1.29, 1.82) is 0 Å². The molecule has 26 heavy (non-hydrogen) atoms. The Morgan fingerprint density at radius 1 is 1.38 bits per heavy atom. The molecule has 1 saturated carbocycles. The molecule has 9 nitrogen and oxygen atoms in total. The van der Waals surface area contributed by atoms with Crippen molar-refractivity contribution < 1.29 is 18.0 Å². The van der Waals surface area contributed by atoms with Crippen LogP contribution in [0.25, 0.3) is 0 Å². The monoisotopic (exact) mass is 385 g/mol. The van der Waals surface area contributed by atoms with Gasteiger partial charge in [-0.3, -0.25) is 4.99 Å². The summed E-state index contributed by atoms with van der Waals surface area (Å²) < 4.78 is 31.2. The van der Waals surface area contributed by atoms with Crippen LogP contribution >= 0.6 is 0 Å². The molecule has 3 rings (SSSR count). The Bertz CT molecular complexity index is 707. The van der Waals surface area contributed by atoms with Crippen molar-refractivity contribution >= 4 is 16.0 Å². The smallest absolute Gasteiger partial charge is 0.220 e. The van der Waals surface area contributed by atoms with Gasteiger partial charge in [0.25, 0.3) is 0 Å². The van der Waals surface area contributed by atoms with Crippen molar-refractivity contribution in [3.8, 4) is 0 Å². The highest BCUT2D eigenvalue weighted by Gasteiger charge is 2.35. The topological polar surface area (TPSA) is 111 Å². The van der Waals surface area contributed by atoms with E-state index in [0.29, 0.717) is 38.4 Å². The minimum Gasteiger partial charge on any atom is -0.388 e. The highest BCUT2D eigenvalue weighted by molar-refractivity contribution is 7.88. The average molecular weight is 385 g/mol. The number of hydrogen-bond acceptors (Lipinski definition) is 6. The number of guanidine groups is 1. The van der Waals surface area contributed by atoms with Crippen LogP contribution in [0.5, 0.6) is 0 Å². The number of aliphatic imine (C=N–C) groups is 1. The summed E-state index contributed by atoms with van der Waals surface area (Å²) in [5.74, 6) is 0.589. The summed E-state index contributed by atoms with van der Waals surface area (Å²) in [5.41, 5.74) is -0.250. The number of hydrogen-bond donors (Lipinski definition) is 2. The minimum atomic E-state index is -3.41. The van der Waals surface area contributed by atoms with E-state index in [9.17, 15) is 13.5 Å². The van der Waals surface area contributed by atoms with Crippen molar-refractivity contribution in [2.75, 3.05) is 39.3 Å². The zero-order valence-corrected chi connectivity index (χ0v) is 15.9. The third-order valence-electron chi connectivity index (χ3n) is 4.90. The Morgan fingerprint density at radius 3 is 2.65 bits per heavy atom. The van der Waals surface area contributed by atoms with Gasteiger partial charge in [0, 0.05) is 38.8 Å². The summed E-state index contributed by atoms with van der Waals surface area (Å²) in [6, 6.07) is 1.56. The molecule has 0 aromatic carbocycles. The number of rotatable bonds is 6. The molecular weight excluding hydrogens is 358 g/mol. The fourth-order valence-electron chi connectivity index (χ4n) is 3.16. The molecule has 2 fully saturated rings. The van der Waals surface area contributed by atoms with Gasteiger partial charge in [0.1, 0.15) is 12.0 Å². The van der Waals surface area contributed by atoms with E-state index < -0.39 is 15.6 Å². The lowest BCUT2D eigenvalue weighted by molar-refractivity contribution is -0.0238. The van der Waals surface area contributed by atoms with Gasteiger partial charge >= 0.3 is 0 Å². The second-order valence-corrected chi connectivity index (χ2v) is 8.85. The van der Waals surface area contributed by atoms with Crippen LogP contribution in [0.1, 0.15) is 31.9 Å². The highest BCUT2D eigenvalue weighted by atomic mass is 32.2. The number of nitrogens with one attached hydrogen (secondary N) is 1. The first kappa shape index (κ1) is 19.1. The molecule has 0 spiro atoms. The third-order valence-corrected chi connectivity index (χ3v) is 6.71. The van der Waals surface area contributed by atoms with Gasteiger partial charge < -0.3 is 19.8 Å². The highest BCUT2D eigenvalue weighted by Crippen LogP contribution is 2.31. The van der Waals surface area contributed by atoms with Crippen LogP contribution in [0.15, 0.2) is 21.8 Å². The number of nitrogens with zero attached hydrogens (tertiary/aromatic N) is 4. The van der Waals surface area contributed by atoms with Crippen molar-refractivity contribution in [3.05, 3.63) is 18.0 Å². The SMILES string of the molecule is CCNC(=NCC1(O)CCC1)N1CCN(S(=O)(=O)Cc2ccon2)CC1. The average Bonchev–Trinajstić information content (AvgIpc) is 3.09. The zero-order valence-electron chi connectivity index (χ0n) is 15.1. The second kappa shape index (κ2) is 7.93. The summed E-state index contributed by atoms with van der Waals surface area (Å²) in [4.78, 5) is 6.62. The van der Waals surface area contributed by atoms with E-state index in [-0.39, 0.29) is 5.75 Å². The molecule has 146 valence electrons. The van der Waals surface area contributed by atoms with Crippen LogP contribution in [0, 0.1) is 0 Å². The fraction of sp³-hybridized carbons (Fsp3) is 0.750. The standard InChI is InChI=1S/C16H27N5O4S/c1-2-17-15(18-13-16(22)5-3-6-16)20-7-9-21(10-8-20)26(23,24)12-14-4-11-25-19-14/h4,11,22H,2-3,5-10,12-13H2,1H3,(H,17,18). The van der Waals surface area contributed by atoms with E-state index in [1.807, 2.05) is 11.8 Å². The van der Waals surface area contributed by atoms with Crippen LogP contribution in [0.2, 0.25) is 0 Å². The van der Waals surface area contributed by atoms with Crippen molar-refractivity contribution in [2.24, 2.45) is 4.99 Å². The molecule has 0 radical (unpaired) electrons. The first-order chi connectivity index (χ1) is 12.4. The van der Waals surface area contributed by atoms with Gasteiger partial charge in [0.15, 0.2) is 5.96 Å². The van der Waals surface area contributed by atoms with E-state index in [0.717, 1.165) is 31.8 Å². The lowest BCUT2D eigenvalue weighted by Gasteiger charge is -2.38. The van der Waals surface area contributed by atoms with Gasteiger partial charge in [-0.2, -0.15) is 4.31 Å². The predicted octanol–water partition coefficient (Wildman–Crippen LogP) is 0.00250. The maximum Gasteiger partial charge on any atom is 0.220 e. The molecule has 1 aromatic heterocycles. The van der Waals surface area contributed by atoms with Crippen molar-refractivity contribution in [2.45, 2.75) is 37.5 Å². The van der Waals surface area contributed by atoms with Crippen LogP contribution in [0.4, 0.5) is 0 Å². The third kappa shape index (κ3) is 4.54. The Kier molecular flexibility index (Phi) is 5.83.